The summed E-state index contributed by atoms with van der Waals surface area (Å²) in [5, 5.41) is 0. The fourth-order valence-corrected chi connectivity index (χ4v) is 3.74. The molecule has 1 fully saturated rings. The average molecular weight is 421 g/mol. The van der Waals surface area contributed by atoms with E-state index in [9.17, 15) is 9.18 Å². The van der Waals surface area contributed by atoms with Crippen molar-refractivity contribution < 1.29 is 13.9 Å². The number of aromatic nitrogens is 3. The Labute approximate surface area is 180 Å². The van der Waals surface area contributed by atoms with Gasteiger partial charge in [-0.25, -0.2) is 14.4 Å². The Kier molecular flexibility index (Phi) is 6.06. The number of ether oxygens (including phenoxy) is 1. The lowest BCUT2D eigenvalue weighted by Crippen LogP contribution is -2.35. The first-order valence-electron chi connectivity index (χ1n) is 10.2. The van der Waals surface area contributed by atoms with Gasteiger partial charge in [0.25, 0.3) is 5.91 Å². The summed E-state index contributed by atoms with van der Waals surface area (Å²) in [5.41, 5.74) is 2.60. The van der Waals surface area contributed by atoms with E-state index in [1.807, 2.05) is 31.1 Å². The standard InChI is InChI=1S/C23H24FN5O2/c1-28(2)23-26-14-17(16-9-11-25-12-10-16)22(27-23)19-7-5-13-29(19)21(30)15-31-20-8-4-3-6-18(20)24/h3-4,6,8-12,14,19H,5,7,13,15H2,1-2H3. The van der Waals surface area contributed by atoms with E-state index in [1.54, 1.807) is 35.6 Å². The predicted octanol–water partition coefficient (Wildman–Crippen LogP) is 3.49. The molecule has 1 amide bonds. The van der Waals surface area contributed by atoms with Crippen molar-refractivity contribution >= 4 is 11.9 Å². The molecule has 1 aromatic carbocycles. The van der Waals surface area contributed by atoms with Gasteiger partial charge in [-0.2, -0.15) is 0 Å². The van der Waals surface area contributed by atoms with Crippen LogP contribution in [-0.2, 0) is 4.79 Å². The third-order valence-corrected chi connectivity index (χ3v) is 5.27. The Balaban J connectivity index is 1.62. The van der Waals surface area contributed by atoms with E-state index in [4.69, 9.17) is 9.72 Å². The summed E-state index contributed by atoms with van der Waals surface area (Å²) < 4.78 is 19.3. The Morgan fingerprint density at radius 2 is 2.00 bits per heavy atom. The van der Waals surface area contributed by atoms with E-state index in [1.165, 1.54) is 12.1 Å². The number of rotatable bonds is 6. The molecule has 1 aliphatic heterocycles. The van der Waals surface area contributed by atoms with Crippen LogP contribution < -0.4 is 9.64 Å². The molecule has 31 heavy (non-hydrogen) atoms. The van der Waals surface area contributed by atoms with Crippen molar-refractivity contribution in [2.45, 2.75) is 18.9 Å². The topological polar surface area (TPSA) is 71.5 Å². The van der Waals surface area contributed by atoms with E-state index in [2.05, 4.69) is 9.97 Å². The van der Waals surface area contributed by atoms with Gasteiger partial charge in [-0.15, -0.1) is 0 Å². The van der Waals surface area contributed by atoms with Gasteiger partial charge in [0.1, 0.15) is 0 Å². The maximum atomic E-state index is 13.8. The molecule has 4 rings (SSSR count). The van der Waals surface area contributed by atoms with Gasteiger partial charge in [0.05, 0.1) is 11.7 Å². The van der Waals surface area contributed by atoms with Crippen LogP contribution in [0.15, 0.2) is 55.0 Å². The van der Waals surface area contributed by atoms with Crippen LogP contribution in [0.3, 0.4) is 0 Å². The van der Waals surface area contributed by atoms with Crippen molar-refractivity contribution in [3.63, 3.8) is 0 Å². The zero-order valence-electron chi connectivity index (χ0n) is 17.5. The van der Waals surface area contributed by atoms with Gasteiger partial charge in [0, 0.05) is 44.8 Å². The molecule has 7 nitrogen and oxygen atoms in total. The molecule has 1 atom stereocenters. The van der Waals surface area contributed by atoms with E-state index in [0.29, 0.717) is 12.5 Å². The second-order valence-electron chi connectivity index (χ2n) is 7.56. The molecule has 3 aromatic rings. The molecule has 1 unspecified atom stereocenters. The van der Waals surface area contributed by atoms with Crippen molar-refractivity contribution in [3.05, 3.63) is 66.5 Å². The van der Waals surface area contributed by atoms with E-state index >= 15 is 0 Å². The summed E-state index contributed by atoms with van der Waals surface area (Å²) in [4.78, 5) is 30.0. The largest absolute Gasteiger partial charge is 0.481 e. The summed E-state index contributed by atoms with van der Waals surface area (Å²) >= 11 is 0. The first kappa shape index (κ1) is 20.7. The molecule has 0 aliphatic carbocycles. The van der Waals surface area contributed by atoms with Gasteiger partial charge < -0.3 is 14.5 Å². The summed E-state index contributed by atoms with van der Waals surface area (Å²) in [6.07, 6.45) is 6.88. The number of carbonyl (C=O) groups excluding carboxylic acids is 1. The van der Waals surface area contributed by atoms with Gasteiger partial charge in [-0.05, 0) is 42.7 Å². The van der Waals surface area contributed by atoms with Gasteiger partial charge >= 0.3 is 0 Å². The molecule has 3 heterocycles. The number of carbonyl (C=O) groups is 1. The normalized spacial score (nSPS) is 15.7. The molecular formula is C23H24FN5O2. The van der Waals surface area contributed by atoms with Crippen LogP contribution >= 0.6 is 0 Å². The molecule has 1 saturated heterocycles. The Morgan fingerprint density at radius 3 is 2.74 bits per heavy atom. The minimum absolute atomic E-state index is 0.0704. The van der Waals surface area contributed by atoms with Crippen molar-refractivity contribution in [1.29, 1.82) is 0 Å². The quantitative estimate of drug-likeness (QED) is 0.607. The molecule has 0 spiro atoms. The number of hydrogen-bond acceptors (Lipinski definition) is 6. The Morgan fingerprint density at radius 1 is 1.23 bits per heavy atom. The molecular weight excluding hydrogens is 397 g/mol. The maximum Gasteiger partial charge on any atom is 0.261 e. The van der Waals surface area contributed by atoms with Gasteiger partial charge in [-0.3, -0.25) is 9.78 Å². The molecule has 0 radical (unpaired) electrons. The number of amides is 1. The highest BCUT2D eigenvalue weighted by Crippen LogP contribution is 2.37. The fraction of sp³-hybridized carbons (Fsp3) is 0.304. The lowest BCUT2D eigenvalue weighted by molar-refractivity contribution is -0.134. The molecule has 2 aromatic heterocycles. The first-order chi connectivity index (χ1) is 15.0. The Hall–Kier alpha value is -3.55. The van der Waals surface area contributed by atoms with Crippen LogP contribution in [-0.4, -0.2) is 53.0 Å². The minimum Gasteiger partial charge on any atom is -0.481 e. The second-order valence-corrected chi connectivity index (χ2v) is 7.56. The van der Waals surface area contributed by atoms with Crippen molar-refractivity contribution in [1.82, 2.24) is 19.9 Å². The summed E-state index contributed by atoms with van der Waals surface area (Å²) in [6.45, 7) is 0.370. The lowest BCUT2D eigenvalue weighted by Gasteiger charge is -2.27. The summed E-state index contributed by atoms with van der Waals surface area (Å²) in [7, 11) is 3.76. The number of hydrogen-bond donors (Lipinski definition) is 0. The third kappa shape index (κ3) is 4.47. The molecule has 8 heteroatoms. The fourth-order valence-electron chi connectivity index (χ4n) is 3.74. The minimum atomic E-state index is -0.486. The monoisotopic (exact) mass is 421 g/mol. The van der Waals surface area contributed by atoms with Crippen molar-refractivity contribution in [2.24, 2.45) is 0 Å². The third-order valence-electron chi connectivity index (χ3n) is 5.27. The highest BCUT2D eigenvalue weighted by molar-refractivity contribution is 5.79. The number of anilines is 1. The van der Waals surface area contributed by atoms with Gasteiger partial charge in [0.2, 0.25) is 5.95 Å². The summed E-state index contributed by atoms with van der Waals surface area (Å²) in [5.74, 6) is -0.0353. The number of benzene rings is 1. The first-order valence-corrected chi connectivity index (χ1v) is 10.2. The number of para-hydroxylation sites is 1. The van der Waals surface area contributed by atoms with Gasteiger partial charge in [-0.1, -0.05) is 12.1 Å². The predicted molar refractivity (Wildman–Crippen MR) is 115 cm³/mol. The summed E-state index contributed by atoms with van der Waals surface area (Å²) in [6, 6.07) is 9.68. The van der Waals surface area contributed by atoms with Crippen molar-refractivity contribution in [3.8, 4) is 16.9 Å². The lowest BCUT2D eigenvalue weighted by atomic mass is 10.0. The van der Waals surface area contributed by atoms with E-state index in [-0.39, 0.29) is 24.3 Å². The van der Waals surface area contributed by atoms with Gasteiger partial charge in [0.15, 0.2) is 18.2 Å². The zero-order chi connectivity index (χ0) is 21.8. The number of pyridine rings is 1. The number of halogens is 1. The van der Waals surface area contributed by atoms with Crippen LogP contribution in [0.4, 0.5) is 10.3 Å². The zero-order valence-corrected chi connectivity index (χ0v) is 17.5. The maximum absolute atomic E-state index is 13.8. The van der Waals surface area contributed by atoms with E-state index < -0.39 is 5.82 Å². The van der Waals surface area contributed by atoms with Crippen molar-refractivity contribution in [2.75, 3.05) is 32.1 Å². The van der Waals surface area contributed by atoms with Crippen LogP contribution in [0.25, 0.3) is 11.1 Å². The molecule has 0 saturated carbocycles. The highest BCUT2D eigenvalue weighted by Gasteiger charge is 2.33. The van der Waals surface area contributed by atoms with Crippen LogP contribution in [0.5, 0.6) is 5.75 Å². The molecule has 1 aliphatic rings. The average Bonchev–Trinajstić information content (AvgIpc) is 3.28. The van der Waals surface area contributed by atoms with Crippen LogP contribution in [0.1, 0.15) is 24.6 Å². The molecule has 0 N–H and O–H groups in total. The second kappa shape index (κ2) is 9.07. The van der Waals surface area contributed by atoms with Crippen LogP contribution in [0, 0.1) is 5.82 Å². The number of nitrogens with zero attached hydrogens (tertiary/aromatic N) is 5. The number of likely N-dealkylation sites (tertiary alicyclic amines) is 1. The molecule has 0 bridgehead atoms. The van der Waals surface area contributed by atoms with E-state index in [0.717, 1.165) is 29.7 Å². The SMILES string of the molecule is CN(C)c1ncc(-c2ccncc2)c(C2CCCN2C(=O)COc2ccccc2F)n1. The highest BCUT2D eigenvalue weighted by atomic mass is 19.1. The Bertz CT molecular complexity index is 1060. The smallest absolute Gasteiger partial charge is 0.261 e. The van der Waals surface area contributed by atoms with Crippen LogP contribution in [0.2, 0.25) is 0 Å². The molecule has 160 valence electrons.